The van der Waals surface area contributed by atoms with Gasteiger partial charge >= 0.3 is 0 Å². The summed E-state index contributed by atoms with van der Waals surface area (Å²) in [6.07, 6.45) is 1.23. The fourth-order valence-electron chi connectivity index (χ4n) is 2.08. The monoisotopic (exact) mass is 309 g/mol. The quantitative estimate of drug-likeness (QED) is 0.742. The van der Waals surface area contributed by atoms with Crippen molar-refractivity contribution in [2.75, 3.05) is 30.4 Å². The Hall–Kier alpha value is -0.270. The fourth-order valence-corrected chi connectivity index (χ4v) is 5.60. The second-order valence-corrected chi connectivity index (χ2v) is 8.61. The molecular formula is C12H23NO4S2. The highest BCUT2D eigenvalue weighted by atomic mass is 32.2. The van der Waals surface area contributed by atoms with Crippen LogP contribution in [-0.4, -0.2) is 66.0 Å². The Bertz CT molecular complexity index is 395. The lowest BCUT2D eigenvalue weighted by Gasteiger charge is -2.26. The van der Waals surface area contributed by atoms with E-state index in [4.69, 9.17) is 5.11 Å². The molecule has 0 spiro atoms. The molecule has 112 valence electrons. The Kier molecular flexibility index (Phi) is 6.62. The van der Waals surface area contributed by atoms with E-state index in [9.17, 15) is 13.2 Å². The molecule has 1 unspecified atom stereocenters. The minimum atomic E-state index is -2.87. The van der Waals surface area contributed by atoms with Crippen molar-refractivity contribution in [3.8, 4) is 0 Å². The summed E-state index contributed by atoms with van der Waals surface area (Å²) < 4.78 is 22.7. The van der Waals surface area contributed by atoms with E-state index in [1.807, 2.05) is 13.8 Å². The van der Waals surface area contributed by atoms with Crippen LogP contribution >= 0.6 is 11.8 Å². The number of carbonyl (C=O) groups is 1. The van der Waals surface area contributed by atoms with E-state index in [-0.39, 0.29) is 35.3 Å². The molecule has 1 rings (SSSR count). The van der Waals surface area contributed by atoms with Crippen molar-refractivity contribution in [1.29, 1.82) is 0 Å². The molecule has 0 aromatic rings. The lowest BCUT2D eigenvalue weighted by molar-refractivity contribution is -0.130. The van der Waals surface area contributed by atoms with Crippen molar-refractivity contribution in [2.24, 2.45) is 0 Å². The zero-order valence-corrected chi connectivity index (χ0v) is 13.2. The minimum Gasteiger partial charge on any atom is -0.396 e. The van der Waals surface area contributed by atoms with Crippen LogP contribution in [0.25, 0.3) is 0 Å². The molecular weight excluding hydrogens is 286 g/mol. The highest BCUT2D eigenvalue weighted by Crippen LogP contribution is 2.24. The molecule has 1 aliphatic heterocycles. The number of sulfone groups is 1. The van der Waals surface area contributed by atoms with Crippen molar-refractivity contribution >= 4 is 27.5 Å². The van der Waals surface area contributed by atoms with Crippen LogP contribution in [-0.2, 0) is 14.6 Å². The van der Waals surface area contributed by atoms with E-state index in [2.05, 4.69) is 0 Å². The minimum absolute atomic E-state index is 0.0257. The predicted molar refractivity (Wildman–Crippen MR) is 78.1 cm³/mol. The van der Waals surface area contributed by atoms with Crippen LogP contribution in [0.15, 0.2) is 0 Å². The number of aliphatic hydroxyl groups excluding tert-OH is 1. The number of amides is 1. The zero-order valence-electron chi connectivity index (χ0n) is 11.5. The number of rotatable bonds is 7. The summed E-state index contributed by atoms with van der Waals surface area (Å²) in [5, 5.41) is 8.89. The van der Waals surface area contributed by atoms with Gasteiger partial charge in [0.2, 0.25) is 5.91 Å². The SMILES string of the molecule is CC(C)N(CCCO)C(=O)CSC1CCS(=O)(=O)C1. The molecule has 1 saturated heterocycles. The second-order valence-electron chi connectivity index (χ2n) is 5.09. The molecule has 0 aromatic heterocycles. The van der Waals surface area contributed by atoms with Crippen molar-refractivity contribution in [2.45, 2.75) is 38.0 Å². The van der Waals surface area contributed by atoms with Crippen LogP contribution in [0, 0.1) is 0 Å². The van der Waals surface area contributed by atoms with E-state index in [0.717, 1.165) is 0 Å². The maximum absolute atomic E-state index is 12.1. The number of hydrogen-bond acceptors (Lipinski definition) is 5. The van der Waals surface area contributed by atoms with Crippen LogP contribution in [0.4, 0.5) is 0 Å². The normalized spacial score (nSPS) is 21.8. The van der Waals surface area contributed by atoms with Crippen molar-refractivity contribution < 1.29 is 18.3 Å². The molecule has 1 fully saturated rings. The Morgan fingerprint density at radius 3 is 2.63 bits per heavy atom. The average molecular weight is 309 g/mol. The molecule has 1 heterocycles. The van der Waals surface area contributed by atoms with Crippen LogP contribution in [0.2, 0.25) is 0 Å². The Balaban J connectivity index is 2.40. The van der Waals surface area contributed by atoms with Crippen LogP contribution in [0.5, 0.6) is 0 Å². The fraction of sp³-hybridized carbons (Fsp3) is 0.917. The predicted octanol–water partition coefficient (Wildman–Crippen LogP) is 0.526. The van der Waals surface area contributed by atoms with Gasteiger partial charge in [0.05, 0.1) is 17.3 Å². The summed E-state index contributed by atoms with van der Waals surface area (Å²) in [7, 11) is -2.87. The summed E-state index contributed by atoms with van der Waals surface area (Å²) in [5.41, 5.74) is 0. The highest BCUT2D eigenvalue weighted by Gasteiger charge is 2.29. The first-order valence-electron chi connectivity index (χ1n) is 6.58. The Morgan fingerprint density at radius 2 is 2.16 bits per heavy atom. The number of nitrogens with zero attached hydrogens (tertiary/aromatic N) is 1. The molecule has 0 aromatic carbocycles. The average Bonchev–Trinajstić information content (AvgIpc) is 2.66. The Labute approximate surface area is 119 Å². The third kappa shape index (κ3) is 5.71. The molecule has 1 aliphatic rings. The number of aliphatic hydroxyl groups is 1. The van der Waals surface area contributed by atoms with Gasteiger partial charge in [-0.15, -0.1) is 11.8 Å². The topological polar surface area (TPSA) is 74.7 Å². The molecule has 0 saturated carbocycles. The highest BCUT2D eigenvalue weighted by molar-refractivity contribution is 8.02. The largest absolute Gasteiger partial charge is 0.396 e. The first-order valence-corrected chi connectivity index (χ1v) is 9.45. The van der Waals surface area contributed by atoms with Crippen molar-refractivity contribution in [3.05, 3.63) is 0 Å². The number of carbonyl (C=O) groups excluding carboxylic acids is 1. The van der Waals surface area contributed by atoms with Gasteiger partial charge in [-0.2, -0.15) is 0 Å². The van der Waals surface area contributed by atoms with Gasteiger partial charge < -0.3 is 10.0 Å². The number of hydrogen-bond donors (Lipinski definition) is 1. The maximum Gasteiger partial charge on any atom is 0.232 e. The zero-order chi connectivity index (χ0) is 14.5. The summed E-state index contributed by atoms with van der Waals surface area (Å²) in [6, 6.07) is 0.104. The van der Waals surface area contributed by atoms with Crippen LogP contribution in [0.3, 0.4) is 0 Å². The molecule has 5 nitrogen and oxygen atoms in total. The molecule has 0 bridgehead atoms. The number of thioether (sulfide) groups is 1. The van der Waals surface area contributed by atoms with Crippen LogP contribution < -0.4 is 0 Å². The summed E-state index contributed by atoms with van der Waals surface area (Å²) in [6.45, 7) is 4.51. The van der Waals surface area contributed by atoms with Gasteiger partial charge in [0.25, 0.3) is 0 Å². The summed E-state index contributed by atoms with van der Waals surface area (Å²) in [4.78, 5) is 13.8. The molecule has 1 amide bonds. The van der Waals surface area contributed by atoms with Crippen molar-refractivity contribution in [3.63, 3.8) is 0 Å². The lowest BCUT2D eigenvalue weighted by atomic mass is 10.3. The van der Waals surface area contributed by atoms with Crippen molar-refractivity contribution in [1.82, 2.24) is 4.90 Å². The van der Waals surface area contributed by atoms with E-state index < -0.39 is 9.84 Å². The van der Waals surface area contributed by atoms with Gasteiger partial charge in [-0.1, -0.05) is 0 Å². The molecule has 7 heteroatoms. The van der Waals surface area contributed by atoms with E-state index in [1.54, 1.807) is 4.90 Å². The van der Waals surface area contributed by atoms with E-state index in [1.165, 1.54) is 11.8 Å². The molecule has 0 aliphatic carbocycles. The third-order valence-electron chi connectivity index (χ3n) is 3.13. The Morgan fingerprint density at radius 1 is 1.47 bits per heavy atom. The second kappa shape index (κ2) is 7.50. The van der Waals surface area contributed by atoms with Crippen LogP contribution in [0.1, 0.15) is 26.7 Å². The molecule has 1 N–H and O–H groups in total. The summed E-state index contributed by atoms with van der Waals surface area (Å²) in [5.74, 6) is 0.794. The molecule has 1 atom stereocenters. The van der Waals surface area contributed by atoms with E-state index >= 15 is 0 Å². The van der Waals surface area contributed by atoms with Gasteiger partial charge in [-0.3, -0.25) is 4.79 Å². The first-order chi connectivity index (χ1) is 8.85. The van der Waals surface area contributed by atoms with Gasteiger partial charge in [0.15, 0.2) is 9.84 Å². The maximum atomic E-state index is 12.1. The summed E-state index contributed by atoms with van der Waals surface area (Å²) >= 11 is 1.44. The van der Waals surface area contributed by atoms with Gasteiger partial charge in [-0.05, 0) is 26.7 Å². The third-order valence-corrected chi connectivity index (χ3v) is 6.40. The lowest BCUT2D eigenvalue weighted by Crippen LogP contribution is -2.39. The molecule has 19 heavy (non-hydrogen) atoms. The standard InChI is InChI=1S/C12H23NO4S2/c1-10(2)13(5-3-6-14)12(15)8-18-11-4-7-19(16,17)9-11/h10-11,14H,3-9H2,1-2H3. The van der Waals surface area contributed by atoms with Gasteiger partial charge in [0.1, 0.15) is 0 Å². The first kappa shape index (κ1) is 16.8. The van der Waals surface area contributed by atoms with E-state index in [0.29, 0.717) is 25.1 Å². The molecule has 0 radical (unpaired) electrons. The van der Waals surface area contributed by atoms with Gasteiger partial charge in [0, 0.05) is 24.4 Å². The smallest absolute Gasteiger partial charge is 0.232 e. The van der Waals surface area contributed by atoms with Gasteiger partial charge in [-0.25, -0.2) is 8.42 Å².